The predicted molar refractivity (Wildman–Crippen MR) is 137 cm³/mol. The molecule has 0 nitrogen and oxygen atoms in total. The van der Waals surface area contributed by atoms with Gasteiger partial charge in [-0.1, -0.05) is 115 Å². The number of hydrogen-bond donors (Lipinski definition) is 0. The lowest BCUT2D eigenvalue weighted by atomic mass is 9.94. The van der Waals surface area contributed by atoms with Gasteiger partial charge in [-0.2, -0.15) is 0 Å². The van der Waals surface area contributed by atoms with Crippen LogP contribution in [0, 0.1) is 0 Å². The van der Waals surface area contributed by atoms with Crippen molar-refractivity contribution < 1.29 is 0 Å². The van der Waals surface area contributed by atoms with Crippen LogP contribution >= 0.6 is 11.6 Å². The Morgan fingerprint density at radius 1 is 0.290 bits per heavy atom. The molecule has 0 unspecified atom stereocenters. The van der Waals surface area contributed by atoms with Crippen LogP contribution in [-0.4, -0.2) is 0 Å². The highest BCUT2D eigenvalue weighted by Crippen LogP contribution is 2.36. The molecule has 31 heavy (non-hydrogen) atoms. The highest BCUT2D eigenvalue weighted by molar-refractivity contribution is 6.33. The summed E-state index contributed by atoms with van der Waals surface area (Å²) in [4.78, 5) is 0. The van der Waals surface area contributed by atoms with Gasteiger partial charge in [0, 0.05) is 5.02 Å². The molecule has 6 rings (SSSR count). The molecule has 0 heterocycles. The maximum Gasteiger partial charge on any atom is 0.0412 e. The third-order valence-electron chi connectivity index (χ3n) is 6.14. The standard InChI is InChI=1S/C30H19Cl/c31-20-17-18-29-27-15-6-5-13-25(27)23-11-2-1-9-21(23)22-10-3-4-12-24(22)26-14-7-8-16-28(26)30(29)19-20/h1-19H. The van der Waals surface area contributed by atoms with E-state index in [9.17, 15) is 0 Å². The number of fused-ring (bicyclic) bond motifs is 10. The minimum absolute atomic E-state index is 0.747. The minimum Gasteiger partial charge on any atom is -0.0843 e. The molecule has 6 aromatic carbocycles. The van der Waals surface area contributed by atoms with Crippen molar-refractivity contribution in [2.75, 3.05) is 0 Å². The Labute approximate surface area is 185 Å². The summed E-state index contributed by atoms with van der Waals surface area (Å²) >= 11 is 6.52. The van der Waals surface area contributed by atoms with Gasteiger partial charge in [0.25, 0.3) is 0 Å². The maximum absolute atomic E-state index is 6.52. The number of hydrogen-bond acceptors (Lipinski definition) is 0. The summed E-state index contributed by atoms with van der Waals surface area (Å²) in [7, 11) is 0. The second-order valence-electron chi connectivity index (χ2n) is 7.87. The highest BCUT2D eigenvalue weighted by atomic mass is 35.5. The molecule has 6 aromatic rings. The van der Waals surface area contributed by atoms with Crippen LogP contribution in [0.3, 0.4) is 0 Å². The smallest absolute Gasteiger partial charge is 0.0412 e. The Bertz CT molecular complexity index is 1620. The van der Waals surface area contributed by atoms with E-state index in [0.29, 0.717) is 0 Å². The molecule has 0 amide bonds. The molecule has 0 spiro atoms. The first-order valence-corrected chi connectivity index (χ1v) is 10.9. The van der Waals surface area contributed by atoms with E-state index in [1.807, 2.05) is 6.07 Å². The summed E-state index contributed by atoms with van der Waals surface area (Å²) in [6.45, 7) is 0. The van der Waals surface area contributed by atoms with Crippen molar-refractivity contribution in [3.8, 4) is 0 Å². The molecule has 1 heteroatoms. The van der Waals surface area contributed by atoms with Crippen LogP contribution in [0.1, 0.15) is 0 Å². The molecule has 0 N–H and O–H groups in total. The average molecular weight is 415 g/mol. The van der Waals surface area contributed by atoms with Crippen molar-refractivity contribution in [1.29, 1.82) is 0 Å². The second kappa shape index (κ2) is 7.27. The lowest BCUT2D eigenvalue weighted by Gasteiger charge is -2.09. The van der Waals surface area contributed by atoms with E-state index in [4.69, 9.17) is 11.6 Å². The van der Waals surface area contributed by atoms with Gasteiger partial charge in [0.05, 0.1) is 0 Å². The fourth-order valence-corrected chi connectivity index (χ4v) is 4.96. The molecule has 0 aliphatic carbocycles. The zero-order valence-electron chi connectivity index (χ0n) is 16.8. The van der Waals surface area contributed by atoms with Gasteiger partial charge in [0.1, 0.15) is 0 Å². The molecule has 146 valence electrons. The Kier molecular flexibility index (Phi) is 4.26. The van der Waals surface area contributed by atoms with Crippen LogP contribution in [0.2, 0.25) is 5.02 Å². The largest absolute Gasteiger partial charge is 0.0843 e. The predicted octanol–water partition coefficient (Wildman–Crippen LogP) is 9.23. The molecule has 0 bridgehead atoms. The zero-order chi connectivity index (χ0) is 20.8. The number of benzene rings is 5. The first-order valence-electron chi connectivity index (χ1n) is 10.5. The van der Waals surface area contributed by atoms with E-state index < -0.39 is 0 Å². The molecule has 0 radical (unpaired) electrons. The normalized spacial score (nSPS) is 11.4. The van der Waals surface area contributed by atoms with Gasteiger partial charge in [-0.3, -0.25) is 0 Å². The fraction of sp³-hybridized carbons (Fsp3) is 0. The summed E-state index contributed by atoms with van der Waals surface area (Å²) in [6, 6.07) is 41.0. The van der Waals surface area contributed by atoms with Gasteiger partial charge >= 0.3 is 0 Å². The maximum atomic E-state index is 6.52. The number of rotatable bonds is 0. The van der Waals surface area contributed by atoms with Crippen molar-refractivity contribution in [3.05, 3.63) is 120 Å². The van der Waals surface area contributed by atoms with Gasteiger partial charge in [0.2, 0.25) is 0 Å². The molecule has 0 fully saturated rings. The first kappa shape index (κ1) is 18.2. The van der Waals surface area contributed by atoms with E-state index in [1.165, 1.54) is 48.5 Å². The lowest BCUT2D eigenvalue weighted by Crippen LogP contribution is -1.82. The van der Waals surface area contributed by atoms with Crippen LogP contribution in [0.15, 0.2) is 115 Å². The topological polar surface area (TPSA) is 0 Å². The summed E-state index contributed by atoms with van der Waals surface area (Å²) in [5.74, 6) is 0. The lowest BCUT2D eigenvalue weighted by molar-refractivity contribution is 1.77. The Balaban J connectivity index is 2.13. The summed E-state index contributed by atoms with van der Waals surface area (Å²) < 4.78 is 0. The molecule has 0 aromatic heterocycles. The molecule has 0 aliphatic heterocycles. The van der Waals surface area contributed by atoms with Crippen molar-refractivity contribution >= 4 is 65.5 Å². The van der Waals surface area contributed by atoms with Gasteiger partial charge in [0.15, 0.2) is 0 Å². The zero-order valence-corrected chi connectivity index (χ0v) is 17.6. The van der Waals surface area contributed by atoms with Gasteiger partial charge in [-0.25, -0.2) is 0 Å². The van der Waals surface area contributed by atoms with Crippen LogP contribution in [0.25, 0.3) is 53.9 Å². The minimum atomic E-state index is 0.747. The third-order valence-corrected chi connectivity index (χ3v) is 6.38. The van der Waals surface area contributed by atoms with E-state index in [0.717, 1.165) is 10.4 Å². The van der Waals surface area contributed by atoms with Gasteiger partial charge < -0.3 is 0 Å². The van der Waals surface area contributed by atoms with Crippen molar-refractivity contribution in [3.63, 3.8) is 0 Å². The van der Waals surface area contributed by atoms with E-state index >= 15 is 0 Å². The monoisotopic (exact) mass is 414 g/mol. The number of halogens is 1. The quantitative estimate of drug-likeness (QED) is 0.232. The van der Waals surface area contributed by atoms with Gasteiger partial charge in [-0.15, -0.1) is 0 Å². The molecule has 0 aliphatic rings. The van der Waals surface area contributed by atoms with E-state index in [1.54, 1.807) is 0 Å². The van der Waals surface area contributed by atoms with Crippen molar-refractivity contribution in [2.24, 2.45) is 0 Å². The van der Waals surface area contributed by atoms with E-state index in [-0.39, 0.29) is 0 Å². The van der Waals surface area contributed by atoms with E-state index in [2.05, 4.69) is 109 Å². The molecular weight excluding hydrogens is 396 g/mol. The van der Waals surface area contributed by atoms with Crippen LogP contribution in [0.5, 0.6) is 0 Å². The summed E-state index contributed by atoms with van der Waals surface area (Å²) in [6.07, 6.45) is 0. The Morgan fingerprint density at radius 3 is 0.871 bits per heavy atom. The molecular formula is C30H19Cl. The van der Waals surface area contributed by atoms with Gasteiger partial charge in [-0.05, 0) is 66.0 Å². The van der Waals surface area contributed by atoms with Crippen LogP contribution in [0.4, 0.5) is 0 Å². The Morgan fingerprint density at radius 2 is 0.548 bits per heavy atom. The molecule has 0 saturated carbocycles. The molecule has 0 saturated heterocycles. The third kappa shape index (κ3) is 2.91. The Hall–Kier alpha value is -3.61. The second-order valence-corrected chi connectivity index (χ2v) is 8.31. The van der Waals surface area contributed by atoms with Crippen molar-refractivity contribution in [2.45, 2.75) is 0 Å². The summed E-state index contributed by atoms with van der Waals surface area (Å²) in [5, 5.41) is 12.9. The van der Waals surface area contributed by atoms with Crippen molar-refractivity contribution in [1.82, 2.24) is 0 Å². The average Bonchev–Trinajstić information content (AvgIpc) is 2.84. The summed E-state index contributed by atoms with van der Waals surface area (Å²) in [5.41, 5.74) is 0. The first-order chi connectivity index (χ1) is 15.3. The van der Waals surface area contributed by atoms with Crippen LogP contribution < -0.4 is 0 Å². The highest BCUT2D eigenvalue weighted by Gasteiger charge is 2.08. The SMILES string of the molecule is Clc1ccc2c3ccccc3c3ccccc3c3ccccc3c3ccccc3c2c1. The fourth-order valence-electron chi connectivity index (χ4n) is 4.79. The van der Waals surface area contributed by atoms with Crippen LogP contribution in [-0.2, 0) is 0 Å². The molecule has 0 atom stereocenters.